The van der Waals surface area contributed by atoms with Gasteiger partial charge in [0.1, 0.15) is 5.78 Å². The number of carbonyl (C=O) groups is 1. The van der Waals surface area contributed by atoms with E-state index in [0.29, 0.717) is 12.8 Å². The number of carbonyl (C=O) groups excluding carboxylic acids is 1. The molecule has 0 fully saturated rings. The van der Waals surface area contributed by atoms with E-state index in [1.54, 1.807) is 6.20 Å². The zero-order valence-electron chi connectivity index (χ0n) is 10.6. The summed E-state index contributed by atoms with van der Waals surface area (Å²) >= 11 is 0. The molecule has 1 aromatic heterocycles. The number of benzene rings is 1. The molecule has 0 N–H and O–H groups in total. The molecule has 2 heteroatoms. The Kier molecular flexibility index (Phi) is 4.24. The standard InChI is InChI=1S/C16H17NO/c1-13-5-7-14(8-6-13)9-10-16(18)12-15-4-2-3-11-17-15/h2-8,11H,9-10,12H2,1H3. The van der Waals surface area contributed by atoms with Crippen LogP contribution in [-0.4, -0.2) is 10.8 Å². The number of ketones is 1. The van der Waals surface area contributed by atoms with Gasteiger partial charge in [-0.15, -0.1) is 0 Å². The van der Waals surface area contributed by atoms with Crippen LogP contribution >= 0.6 is 0 Å². The molecule has 0 radical (unpaired) electrons. The fraction of sp³-hybridized carbons (Fsp3) is 0.250. The number of Topliss-reactive ketones (excluding diaryl/α,β-unsaturated/α-hetero) is 1. The first kappa shape index (κ1) is 12.5. The monoisotopic (exact) mass is 239 g/mol. The molecule has 2 aromatic rings. The van der Waals surface area contributed by atoms with Gasteiger partial charge in [0, 0.05) is 24.7 Å². The van der Waals surface area contributed by atoms with Gasteiger partial charge in [-0.3, -0.25) is 9.78 Å². The Morgan fingerprint density at radius 1 is 1.11 bits per heavy atom. The SMILES string of the molecule is Cc1ccc(CCC(=O)Cc2ccccn2)cc1. The summed E-state index contributed by atoms with van der Waals surface area (Å²) in [5.41, 5.74) is 3.32. The van der Waals surface area contributed by atoms with E-state index in [0.717, 1.165) is 12.1 Å². The van der Waals surface area contributed by atoms with Crippen LogP contribution in [-0.2, 0) is 17.6 Å². The smallest absolute Gasteiger partial charge is 0.139 e. The van der Waals surface area contributed by atoms with Crippen molar-refractivity contribution in [2.75, 3.05) is 0 Å². The summed E-state index contributed by atoms with van der Waals surface area (Å²) in [5.74, 6) is 0.245. The maximum Gasteiger partial charge on any atom is 0.139 e. The molecule has 0 aliphatic carbocycles. The lowest BCUT2D eigenvalue weighted by atomic mass is 10.0. The molecule has 1 heterocycles. The molecular formula is C16H17NO. The molecule has 0 bridgehead atoms. The van der Waals surface area contributed by atoms with E-state index < -0.39 is 0 Å². The average Bonchev–Trinajstić information content (AvgIpc) is 2.39. The van der Waals surface area contributed by atoms with Gasteiger partial charge >= 0.3 is 0 Å². The molecule has 0 amide bonds. The Morgan fingerprint density at radius 3 is 2.56 bits per heavy atom. The van der Waals surface area contributed by atoms with E-state index >= 15 is 0 Å². The average molecular weight is 239 g/mol. The Labute approximate surface area is 108 Å². The third-order valence-corrected chi connectivity index (χ3v) is 2.92. The zero-order valence-corrected chi connectivity index (χ0v) is 10.6. The van der Waals surface area contributed by atoms with Crippen LogP contribution in [0.3, 0.4) is 0 Å². The topological polar surface area (TPSA) is 30.0 Å². The Morgan fingerprint density at radius 2 is 1.89 bits per heavy atom. The first-order valence-electron chi connectivity index (χ1n) is 6.21. The van der Waals surface area contributed by atoms with Crippen molar-refractivity contribution in [2.45, 2.75) is 26.2 Å². The Balaban J connectivity index is 1.83. The highest BCUT2D eigenvalue weighted by molar-refractivity contribution is 5.80. The summed E-state index contributed by atoms with van der Waals surface area (Å²) in [6.07, 6.45) is 3.56. The normalized spacial score (nSPS) is 10.3. The number of hydrogen-bond acceptors (Lipinski definition) is 2. The molecule has 0 spiro atoms. The van der Waals surface area contributed by atoms with Crippen molar-refractivity contribution < 1.29 is 4.79 Å². The van der Waals surface area contributed by atoms with Crippen LogP contribution in [0.25, 0.3) is 0 Å². The fourth-order valence-corrected chi connectivity index (χ4v) is 1.83. The van der Waals surface area contributed by atoms with Crippen molar-refractivity contribution in [1.29, 1.82) is 0 Å². The molecular weight excluding hydrogens is 222 g/mol. The van der Waals surface area contributed by atoms with Crippen LogP contribution in [0.15, 0.2) is 48.7 Å². The van der Waals surface area contributed by atoms with Crippen molar-refractivity contribution in [3.05, 3.63) is 65.5 Å². The van der Waals surface area contributed by atoms with Crippen LogP contribution in [0.1, 0.15) is 23.2 Å². The maximum atomic E-state index is 11.8. The van der Waals surface area contributed by atoms with Gasteiger partial charge in [0.25, 0.3) is 0 Å². The van der Waals surface area contributed by atoms with Crippen molar-refractivity contribution in [3.8, 4) is 0 Å². The number of pyridine rings is 1. The molecule has 0 unspecified atom stereocenters. The molecule has 0 aliphatic rings. The highest BCUT2D eigenvalue weighted by Gasteiger charge is 2.04. The quantitative estimate of drug-likeness (QED) is 0.802. The minimum Gasteiger partial charge on any atom is -0.299 e. The number of hydrogen-bond donors (Lipinski definition) is 0. The predicted octanol–water partition coefficient (Wildman–Crippen LogP) is 3.13. The van der Waals surface area contributed by atoms with Gasteiger partial charge in [0.15, 0.2) is 0 Å². The lowest BCUT2D eigenvalue weighted by molar-refractivity contribution is -0.118. The predicted molar refractivity (Wildman–Crippen MR) is 72.4 cm³/mol. The van der Waals surface area contributed by atoms with Gasteiger partial charge in [0.2, 0.25) is 0 Å². The van der Waals surface area contributed by atoms with Gasteiger partial charge in [-0.1, -0.05) is 35.9 Å². The van der Waals surface area contributed by atoms with Gasteiger partial charge in [0.05, 0.1) is 0 Å². The van der Waals surface area contributed by atoms with E-state index in [-0.39, 0.29) is 5.78 Å². The van der Waals surface area contributed by atoms with E-state index in [2.05, 4.69) is 36.2 Å². The summed E-state index contributed by atoms with van der Waals surface area (Å²) < 4.78 is 0. The number of nitrogens with zero attached hydrogens (tertiary/aromatic N) is 1. The van der Waals surface area contributed by atoms with E-state index in [9.17, 15) is 4.79 Å². The summed E-state index contributed by atoms with van der Waals surface area (Å²) in [4.78, 5) is 16.0. The lowest BCUT2D eigenvalue weighted by Crippen LogP contribution is -2.05. The largest absolute Gasteiger partial charge is 0.299 e. The van der Waals surface area contributed by atoms with E-state index in [1.165, 1.54) is 11.1 Å². The molecule has 0 aliphatic heterocycles. The number of rotatable bonds is 5. The highest BCUT2D eigenvalue weighted by atomic mass is 16.1. The number of aromatic nitrogens is 1. The first-order valence-corrected chi connectivity index (χ1v) is 6.21. The molecule has 18 heavy (non-hydrogen) atoms. The molecule has 0 saturated carbocycles. The molecule has 1 aromatic carbocycles. The molecule has 2 nitrogen and oxygen atoms in total. The molecule has 0 saturated heterocycles. The van der Waals surface area contributed by atoms with Crippen LogP contribution in [0.4, 0.5) is 0 Å². The van der Waals surface area contributed by atoms with Crippen molar-refractivity contribution in [1.82, 2.24) is 4.98 Å². The molecule has 2 rings (SSSR count). The first-order chi connectivity index (χ1) is 8.74. The van der Waals surface area contributed by atoms with Crippen LogP contribution in [0.5, 0.6) is 0 Å². The number of aryl methyl sites for hydroxylation is 2. The minimum atomic E-state index is 0.245. The van der Waals surface area contributed by atoms with Gasteiger partial charge in [-0.05, 0) is 31.0 Å². The summed E-state index contributed by atoms with van der Waals surface area (Å²) in [7, 11) is 0. The Bertz CT molecular complexity index is 502. The van der Waals surface area contributed by atoms with Crippen molar-refractivity contribution in [2.24, 2.45) is 0 Å². The van der Waals surface area contributed by atoms with E-state index in [1.807, 2.05) is 18.2 Å². The second-order valence-electron chi connectivity index (χ2n) is 4.52. The van der Waals surface area contributed by atoms with Crippen LogP contribution < -0.4 is 0 Å². The van der Waals surface area contributed by atoms with Crippen LogP contribution in [0, 0.1) is 6.92 Å². The zero-order chi connectivity index (χ0) is 12.8. The van der Waals surface area contributed by atoms with Crippen molar-refractivity contribution in [3.63, 3.8) is 0 Å². The van der Waals surface area contributed by atoms with Crippen molar-refractivity contribution >= 4 is 5.78 Å². The second-order valence-corrected chi connectivity index (χ2v) is 4.52. The van der Waals surface area contributed by atoms with Gasteiger partial charge in [-0.2, -0.15) is 0 Å². The summed E-state index contributed by atoms with van der Waals surface area (Å²) in [5, 5.41) is 0. The van der Waals surface area contributed by atoms with Gasteiger partial charge < -0.3 is 0 Å². The fourth-order valence-electron chi connectivity index (χ4n) is 1.83. The summed E-state index contributed by atoms with van der Waals surface area (Å²) in [6, 6.07) is 14.0. The third-order valence-electron chi connectivity index (χ3n) is 2.92. The molecule has 92 valence electrons. The van der Waals surface area contributed by atoms with Crippen LogP contribution in [0.2, 0.25) is 0 Å². The van der Waals surface area contributed by atoms with Gasteiger partial charge in [-0.25, -0.2) is 0 Å². The highest BCUT2D eigenvalue weighted by Crippen LogP contribution is 2.07. The Hall–Kier alpha value is -1.96. The third kappa shape index (κ3) is 3.81. The maximum absolute atomic E-state index is 11.8. The minimum absolute atomic E-state index is 0.245. The molecule has 0 atom stereocenters. The lowest BCUT2D eigenvalue weighted by Gasteiger charge is -2.02. The second kappa shape index (κ2) is 6.10. The van der Waals surface area contributed by atoms with E-state index in [4.69, 9.17) is 0 Å². The summed E-state index contributed by atoms with van der Waals surface area (Å²) in [6.45, 7) is 2.07.